The van der Waals surface area contributed by atoms with E-state index in [4.69, 9.17) is 5.84 Å². The van der Waals surface area contributed by atoms with Crippen LogP contribution < -0.4 is 11.3 Å². The quantitative estimate of drug-likeness (QED) is 0.543. The Morgan fingerprint density at radius 3 is 2.21 bits per heavy atom. The van der Waals surface area contributed by atoms with Crippen molar-refractivity contribution in [1.29, 1.82) is 0 Å². The van der Waals surface area contributed by atoms with Gasteiger partial charge in [-0.3, -0.25) is 11.3 Å². The van der Waals surface area contributed by atoms with Gasteiger partial charge in [-0.15, -0.1) is 0 Å². The van der Waals surface area contributed by atoms with Gasteiger partial charge in [0, 0.05) is 12.5 Å². The minimum Gasteiger partial charge on any atom is -0.271 e. The van der Waals surface area contributed by atoms with Crippen molar-refractivity contribution in [2.75, 3.05) is 0 Å². The number of hydrazine groups is 1. The maximum absolute atomic E-state index is 12.2. The molecule has 1 aliphatic carbocycles. The molecule has 5 heteroatoms. The second-order valence-electron chi connectivity index (χ2n) is 6.39. The average Bonchev–Trinajstić information content (AvgIpc) is 2.71. The smallest absolute Gasteiger partial charge is 0.271 e. The van der Waals surface area contributed by atoms with E-state index < -0.39 is 12.6 Å². The van der Waals surface area contributed by atoms with Crippen molar-refractivity contribution in [3.63, 3.8) is 0 Å². The molecule has 0 spiro atoms. The van der Waals surface area contributed by atoms with Crippen LogP contribution in [0.5, 0.6) is 0 Å². The lowest BCUT2D eigenvalue weighted by atomic mass is 9.71. The Balaban J connectivity index is 2.59. The predicted molar refractivity (Wildman–Crippen MR) is 71.4 cm³/mol. The first-order chi connectivity index (χ1) is 8.79. The van der Waals surface area contributed by atoms with Gasteiger partial charge in [-0.1, -0.05) is 26.7 Å². The van der Waals surface area contributed by atoms with Crippen LogP contribution in [0.1, 0.15) is 65.2 Å². The number of nitrogens with one attached hydrogen (secondary N) is 1. The maximum Gasteiger partial charge on any atom is 0.389 e. The van der Waals surface area contributed by atoms with Gasteiger partial charge in [0.25, 0.3) is 0 Å². The molecule has 1 fully saturated rings. The first-order valence-corrected chi connectivity index (χ1v) is 7.32. The van der Waals surface area contributed by atoms with E-state index >= 15 is 0 Å². The first-order valence-electron chi connectivity index (χ1n) is 7.32. The Hall–Kier alpha value is -0.290. The third kappa shape index (κ3) is 5.30. The van der Waals surface area contributed by atoms with Crippen LogP contribution in [0.2, 0.25) is 0 Å². The van der Waals surface area contributed by atoms with Gasteiger partial charge in [0.1, 0.15) is 0 Å². The predicted octanol–water partition coefficient (Wildman–Crippen LogP) is 4.16. The molecule has 1 rings (SSSR count). The third-order valence-electron chi connectivity index (χ3n) is 4.31. The minimum atomic E-state index is -4.06. The second kappa shape index (κ2) is 6.93. The fourth-order valence-corrected chi connectivity index (χ4v) is 3.66. The van der Waals surface area contributed by atoms with Crippen molar-refractivity contribution in [3.05, 3.63) is 0 Å². The van der Waals surface area contributed by atoms with Crippen LogP contribution in [0.4, 0.5) is 13.2 Å². The van der Waals surface area contributed by atoms with Crippen molar-refractivity contribution in [2.24, 2.45) is 17.2 Å². The Kier molecular flexibility index (Phi) is 6.12. The second-order valence-corrected chi connectivity index (χ2v) is 6.39. The van der Waals surface area contributed by atoms with Crippen LogP contribution in [-0.2, 0) is 0 Å². The fourth-order valence-electron chi connectivity index (χ4n) is 3.66. The number of hydrogen-bond acceptors (Lipinski definition) is 2. The average molecular weight is 280 g/mol. The Bertz CT molecular complexity index is 258. The number of nitrogens with two attached hydrogens (primary N) is 1. The molecule has 0 saturated heterocycles. The van der Waals surface area contributed by atoms with Gasteiger partial charge >= 0.3 is 6.18 Å². The molecule has 0 aromatic rings. The highest BCUT2D eigenvalue weighted by Gasteiger charge is 2.41. The molecule has 0 aromatic heterocycles. The fraction of sp³-hybridized carbons (Fsp3) is 1.00. The van der Waals surface area contributed by atoms with Gasteiger partial charge in [0.15, 0.2) is 0 Å². The summed E-state index contributed by atoms with van der Waals surface area (Å²) in [4.78, 5) is 0. The number of rotatable bonds is 7. The number of alkyl halides is 3. The zero-order chi connectivity index (χ0) is 14.5. The van der Waals surface area contributed by atoms with E-state index in [1.54, 1.807) is 0 Å². The maximum atomic E-state index is 12.2. The van der Waals surface area contributed by atoms with Crippen molar-refractivity contribution in [1.82, 2.24) is 5.43 Å². The zero-order valence-electron chi connectivity index (χ0n) is 12.0. The molecule has 1 saturated carbocycles. The molecule has 19 heavy (non-hydrogen) atoms. The molecule has 0 radical (unpaired) electrons. The molecular formula is C14H27F3N2. The molecule has 1 aliphatic rings. The summed E-state index contributed by atoms with van der Waals surface area (Å²) in [6.07, 6.45) is 1.49. The van der Waals surface area contributed by atoms with Gasteiger partial charge in [-0.25, -0.2) is 0 Å². The monoisotopic (exact) mass is 280 g/mol. The third-order valence-corrected chi connectivity index (χ3v) is 4.31. The molecule has 2 nitrogen and oxygen atoms in total. The molecule has 0 amide bonds. The summed E-state index contributed by atoms with van der Waals surface area (Å²) in [7, 11) is 0. The Morgan fingerprint density at radius 1 is 1.21 bits per heavy atom. The summed E-state index contributed by atoms with van der Waals surface area (Å²) in [6, 6.07) is 0.0137. The zero-order valence-corrected chi connectivity index (χ0v) is 12.0. The van der Waals surface area contributed by atoms with Gasteiger partial charge < -0.3 is 0 Å². The van der Waals surface area contributed by atoms with E-state index in [9.17, 15) is 13.2 Å². The van der Waals surface area contributed by atoms with Crippen molar-refractivity contribution in [2.45, 2.75) is 77.4 Å². The minimum absolute atomic E-state index is 0.0137. The van der Waals surface area contributed by atoms with E-state index in [2.05, 4.69) is 19.3 Å². The van der Waals surface area contributed by atoms with Gasteiger partial charge in [-0.05, 0) is 43.4 Å². The van der Waals surface area contributed by atoms with E-state index in [-0.39, 0.29) is 17.9 Å². The summed E-state index contributed by atoms with van der Waals surface area (Å²) in [5, 5.41) is 0. The lowest BCUT2D eigenvalue weighted by Crippen LogP contribution is -2.48. The van der Waals surface area contributed by atoms with Crippen molar-refractivity contribution in [3.8, 4) is 0 Å². The van der Waals surface area contributed by atoms with E-state index in [1.807, 2.05) is 0 Å². The van der Waals surface area contributed by atoms with Gasteiger partial charge in [0.05, 0.1) is 0 Å². The lowest BCUT2D eigenvalue weighted by molar-refractivity contribution is -0.136. The molecule has 0 aromatic carbocycles. The molecule has 3 N–H and O–H groups in total. The highest BCUT2D eigenvalue weighted by atomic mass is 19.4. The largest absolute Gasteiger partial charge is 0.389 e. The molecule has 0 heterocycles. The first kappa shape index (κ1) is 16.8. The van der Waals surface area contributed by atoms with Gasteiger partial charge in [-0.2, -0.15) is 13.2 Å². The molecular weight excluding hydrogens is 253 g/mol. The Labute approximate surface area is 114 Å². The summed E-state index contributed by atoms with van der Waals surface area (Å²) in [5.41, 5.74) is 2.91. The van der Waals surface area contributed by atoms with E-state index in [1.165, 1.54) is 12.8 Å². The highest BCUT2D eigenvalue weighted by Crippen LogP contribution is 2.47. The lowest BCUT2D eigenvalue weighted by Gasteiger charge is -2.39. The van der Waals surface area contributed by atoms with Gasteiger partial charge in [0.2, 0.25) is 0 Å². The van der Waals surface area contributed by atoms with Crippen LogP contribution in [0.3, 0.4) is 0 Å². The molecule has 0 aliphatic heterocycles. The molecule has 1 atom stereocenters. The summed E-state index contributed by atoms with van der Waals surface area (Å²) in [5.74, 6) is 6.18. The molecule has 1 unspecified atom stereocenters. The van der Waals surface area contributed by atoms with Crippen LogP contribution in [0.15, 0.2) is 0 Å². The summed E-state index contributed by atoms with van der Waals surface area (Å²) >= 11 is 0. The van der Waals surface area contributed by atoms with E-state index in [0.29, 0.717) is 12.3 Å². The van der Waals surface area contributed by atoms with E-state index in [0.717, 1.165) is 19.3 Å². The van der Waals surface area contributed by atoms with Crippen LogP contribution in [0, 0.1) is 11.3 Å². The van der Waals surface area contributed by atoms with Crippen molar-refractivity contribution < 1.29 is 13.2 Å². The van der Waals surface area contributed by atoms with Crippen LogP contribution >= 0.6 is 0 Å². The molecule has 0 bridgehead atoms. The van der Waals surface area contributed by atoms with Crippen LogP contribution in [0.25, 0.3) is 0 Å². The molecule has 114 valence electrons. The SMILES string of the molecule is CC(C)CC1(C(CCCC(F)(F)F)NN)CCCC1. The topological polar surface area (TPSA) is 38.0 Å². The number of hydrogen-bond donors (Lipinski definition) is 2. The highest BCUT2D eigenvalue weighted by molar-refractivity contribution is 4.94. The summed E-state index contributed by atoms with van der Waals surface area (Å²) < 4.78 is 36.7. The standard InChI is InChI=1S/C14H27F3N2/c1-11(2)10-13(7-3-4-8-13)12(19-18)6-5-9-14(15,16)17/h11-12,19H,3-10,18H2,1-2H3. The normalized spacial score (nSPS) is 21.0. The summed E-state index contributed by atoms with van der Waals surface area (Å²) in [6.45, 7) is 4.34. The number of halogens is 3. The Morgan fingerprint density at radius 2 is 1.79 bits per heavy atom. The van der Waals surface area contributed by atoms with Crippen LogP contribution in [-0.4, -0.2) is 12.2 Å². The van der Waals surface area contributed by atoms with Crippen molar-refractivity contribution >= 4 is 0 Å².